The van der Waals surface area contributed by atoms with Gasteiger partial charge in [-0.05, 0) is 48.9 Å². The Hall–Kier alpha value is -3.77. The van der Waals surface area contributed by atoms with E-state index in [1.54, 1.807) is 67.8 Å². The average molecular weight is 449 g/mol. The maximum atomic E-state index is 13.5. The van der Waals surface area contributed by atoms with Crippen LogP contribution >= 0.6 is 11.6 Å². The molecule has 0 saturated heterocycles. The molecule has 1 heterocycles. The molecule has 0 atom stereocenters. The van der Waals surface area contributed by atoms with Crippen LogP contribution in [0.3, 0.4) is 0 Å². The molecule has 3 aromatic carbocycles. The van der Waals surface area contributed by atoms with Gasteiger partial charge in [-0.15, -0.1) is 0 Å². The molecule has 4 rings (SSSR count). The van der Waals surface area contributed by atoms with Gasteiger partial charge in [-0.1, -0.05) is 48.0 Å². The molecule has 1 N–H and O–H groups in total. The third-order valence-corrected chi connectivity index (χ3v) is 5.32. The van der Waals surface area contributed by atoms with Crippen molar-refractivity contribution in [3.05, 3.63) is 89.1 Å². The van der Waals surface area contributed by atoms with E-state index >= 15 is 0 Å². The number of hydrogen-bond donors (Lipinski definition) is 1. The van der Waals surface area contributed by atoms with Crippen molar-refractivity contribution in [2.45, 2.75) is 6.92 Å². The summed E-state index contributed by atoms with van der Waals surface area (Å²) in [6.07, 6.45) is 0. The van der Waals surface area contributed by atoms with Crippen LogP contribution in [-0.4, -0.2) is 25.5 Å². The summed E-state index contributed by atoms with van der Waals surface area (Å²) in [6.45, 7) is 2.34. The Morgan fingerprint density at radius 1 is 0.906 bits per heavy atom. The van der Waals surface area contributed by atoms with Gasteiger partial charge in [0.15, 0.2) is 0 Å². The van der Waals surface area contributed by atoms with Crippen LogP contribution in [0, 0.1) is 0 Å². The van der Waals surface area contributed by atoms with Gasteiger partial charge in [-0.2, -0.15) is 0 Å². The van der Waals surface area contributed by atoms with Crippen molar-refractivity contribution in [2.24, 2.45) is 0 Å². The third kappa shape index (κ3) is 3.92. The molecule has 0 fully saturated rings. The first-order valence-corrected chi connectivity index (χ1v) is 10.4. The SMILES string of the molecule is CCOc1ccccc1NC1=C(c2ccc(OC)cc2)C(=O)N(c2ccccc2Cl)C1=O. The van der Waals surface area contributed by atoms with Crippen LogP contribution in [0.15, 0.2) is 78.5 Å². The van der Waals surface area contributed by atoms with E-state index in [9.17, 15) is 9.59 Å². The number of ether oxygens (including phenoxy) is 2. The van der Waals surface area contributed by atoms with Gasteiger partial charge in [0.2, 0.25) is 0 Å². The second kappa shape index (κ2) is 9.16. The molecule has 0 spiro atoms. The predicted octanol–water partition coefficient (Wildman–Crippen LogP) is 5.14. The van der Waals surface area contributed by atoms with Crippen LogP contribution in [0.5, 0.6) is 11.5 Å². The molecule has 3 aromatic rings. The fourth-order valence-corrected chi connectivity index (χ4v) is 3.73. The molecule has 0 radical (unpaired) electrons. The van der Waals surface area contributed by atoms with Crippen molar-refractivity contribution in [3.8, 4) is 11.5 Å². The number of nitrogens with zero attached hydrogens (tertiary/aromatic N) is 1. The Labute approximate surface area is 191 Å². The zero-order valence-corrected chi connectivity index (χ0v) is 18.3. The maximum Gasteiger partial charge on any atom is 0.282 e. The highest BCUT2D eigenvalue weighted by atomic mass is 35.5. The fourth-order valence-electron chi connectivity index (χ4n) is 3.51. The number of methoxy groups -OCH3 is 1. The molecule has 0 unspecified atom stereocenters. The molecule has 7 heteroatoms. The first-order valence-electron chi connectivity index (χ1n) is 10.1. The number of anilines is 2. The van der Waals surface area contributed by atoms with Gasteiger partial charge in [0.25, 0.3) is 11.8 Å². The monoisotopic (exact) mass is 448 g/mol. The van der Waals surface area contributed by atoms with Crippen LogP contribution in [-0.2, 0) is 9.59 Å². The number of benzene rings is 3. The predicted molar refractivity (Wildman–Crippen MR) is 125 cm³/mol. The topological polar surface area (TPSA) is 67.9 Å². The molecule has 1 aliphatic heterocycles. The Bertz CT molecular complexity index is 1200. The highest BCUT2D eigenvalue weighted by Gasteiger charge is 2.41. The molecule has 6 nitrogen and oxygen atoms in total. The first kappa shape index (κ1) is 21.5. The highest BCUT2D eigenvalue weighted by molar-refractivity contribution is 6.48. The number of rotatable bonds is 7. The number of carbonyl (C=O) groups excluding carboxylic acids is 2. The molecule has 2 amide bonds. The Morgan fingerprint density at radius 2 is 1.59 bits per heavy atom. The quantitative estimate of drug-likeness (QED) is 0.506. The van der Waals surface area contributed by atoms with Gasteiger partial charge in [0.1, 0.15) is 17.2 Å². The van der Waals surface area contributed by atoms with E-state index in [4.69, 9.17) is 21.1 Å². The van der Waals surface area contributed by atoms with E-state index in [1.165, 1.54) is 0 Å². The third-order valence-electron chi connectivity index (χ3n) is 5.00. The second-order valence-corrected chi connectivity index (χ2v) is 7.34. The number of carbonyl (C=O) groups is 2. The zero-order chi connectivity index (χ0) is 22.7. The van der Waals surface area contributed by atoms with E-state index in [2.05, 4.69) is 5.32 Å². The summed E-state index contributed by atoms with van der Waals surface area (Å²) < 4.78 is 10.9. The van der Waals surface area contributed by atoms with Gasteiger partial charge in [0.05, 0.1) is 35.7 Å². The molecule has 0 aromatic heterocycles. The number of para-hydroxylation sites is 3. The summed E-state index contributed by atoms with van der Waals surface area (Å²) in [5.41, 5.74) is 1.87. The molecule has 0 bridgehead atoms. The van der Waals surface area contributed by atoms with E-state index in [1.807, 2.05) is 19.1 Å². The molecular formula is C25H21ClN2O4. The molecule has 0 saturated carbocycles. The number of amides is 2. The van der Waals surface area contributed by atoms with Crippen molar-refractivity contribution in [1.82, 2.24) is 0 Å². The van der Waals surface area contributed by atoms with Crippen LogP contribution in [0.1, 0.15) is 12.5 Å². The van der Waals surface area contributed by atoms with Crippen LogP contribution < -0.4 is 19.7 Å². The van der Waals surface area contributed by atoms with Gasteiger partial charge < -0.3 is 14.8 Å². The molecule has 162 valence electrons. The van der Waals surface area contributed by atoms with Crippen LogP contribution in [0.25, 0.3) is 5.57 Å². The fraction of sp³-hybridized carbons (Fsp3) is 0.120. The second-order valence-electron chi connectivity index (χ2n) is 6.93. The van der Waals surface area contributed by atoms with E-state index in [0.717, 1.165) is 4.90 Å². The van der Waals surface area contributed by atoms with Crippen molar-refractivity contribution in [1.29, 1.82) is 0 Å². The maximum absolute atomic E-state index is 13.5. The minimum atomic E-state index is -0.500. The lowest BCUT2D eigenvalue weighted by Gasteiger charge is -2.17. The Kier molecular flexibility index (Phi) is 6.14. The lowest BCUT2D eigenvalue weighted by molar-refractivity contribution is -0.120. The van der Waals surface area contributed by atoms with Gasteiger partial charge in [-0.25, -0.2) is 4.90 Å². The van der Waals surface area contributed by atoms with Crippen molar-refractivity contribution in [2.75, 3.05) is 23.9 Å². The lowest BCUT2D eigenvalue weighted by Crippen LogP contribution is -2.32. The summed E-state index contributed by atoms with van der Waals surface area (Å²) in [4.78, 5) is 28.1. The summed E-state index contributed by atoms with van der Waals surface area (Å²) in [7, 11) is 1.56. The van der Waals surface area contributed by atoms with Gasteiger partial charge in [0, 0.05) is 0 Å². The zero-order valence-electron chi connectivity index (χ0n) is 17.6. The van der Waals surface area contributed by atoms with E-state index < -0.39 is 11.8 Å². The molecule has 1 aliphatic rings. The summed E-state index contributed by atoms with van der Waals surface area (Å²) >= 11 is 6.32. The van der Waals surface area contributed by atoms with E-state index in [0.29, 0.717) is 40.1 Å². The van der Waals surface area contributed by atoms with Crippen molar-refractivity contribution >= 4 is 40.4 Å². The first-order chi connectivity index (χ1) is 15.5. The number of halogens is 1. The number of imide groups is 1. The smallest absolute Gasteiger partial charge is 0.282 e. The van der Waals surface area contributed by atoms with E-state index in [-0.39, 0.29) is 11.3 Å². The minimum Gasteiger partial charge on any atom is -0.497 e. The molecule has 32 heavy (non-hydrogen) atoms. The van der Waals surface area contributed by atoms with Gasteiger partial charge in [-0.3, -0.25) is 9.59 Å². The largest absolute Gasteiger partial charge is 0.497 e. The van der Waals surface area contributed by atoms with Crippen LogP contribution in [0.2, 0.25) is 5.02 Å². The number of nitrogens with one attached hydrogen (secondary N) is 1. The molecular weight excluding hydrogens is 428 g/mol. The minimum absolute atomic E-state index is 0.146. The highest BCUT2D eigenvalue weighted by Crippen LogP contribution is 2.38. The summed E-state index contributed by atoms with van der Waals surface area (Å²) in [6, 6.07) is 21.0. The standard InChI is InChI=1S/C25H21ClN2O4/c1-3-32-21-11-7-5-9-19(21)27-23-22(16-12-14-17(31-2)15-13-16)24(29)28(25(23)30)20-10-6-4-8-18(20)26/h4-15,27H,3H2,1-2H3. The van der Waals surface area contributed by atoms with Crippen molar-refractivity contribution in [3.63, 3.8) is 0 Å². The molecule has 0 aliphatic carbocycles. The summed E-state index contributed by atoms with van der Waals surface area (Å²) in [5, 5.41) is 3.44. The lowest BCUT2D eigenvalue weighted by atomic mass is 10.0. The van der Waals surface area contributed by atoms with Crippen LogP contribution in [0.4, 0.5) is 11.4 Å². The average Bonchev–Trinajstić information content (AvgIpc) is 3.05. The number of hydrogen-bond acceptors (Lipinski definition) is 5. The van der Waals surface area contributed by atoms with Crippen molar-refractivity contribution < 1.29 is 19.1 Å². The normalized spacial score (nSPS) is 13.5. The Balaban J connectivity index is 1.84. The summed E-state index contributed by atoms with van der Waals surface area (Å²) in [5.74, 6) is 0.253. The Morgan fingerprint density at radius 3 is 2.28 bits per heavy atom. The van der Waals surface area contributed by atoms with Gasteiger partial charge >= 0.3 is 0 Å².